The summed E-state index contributed by atoms with van der Waals surface area (Å²) in [6.45, 7) is 5.38. The van der Waals surface area contributed by atoms with Crippen LogP contribution in [-0.4, -0.2) is 59.6 Å². The van der Waals surface area contributed by atoms with Gasteiger partial charge in [-0.15, -0.1) is 0 Å². The third-order valence-corrected chi connectivity index (χ3v) is 3.62. The molecule has 0 bridgehead atoms. The van der Waals surface area contributed by atoms with Gasteiger partial charge in [0.25, 0.3) is 5.91 Å². The van der Waals surface area contributed by atoms with Gasteiger partial charge in [-0.3, -0.25) is 9.69 Å². The van der Waals surface area contributed by atoms with Crippen LogP contribution in [0.4, 0.5) is 0 Å². The summed E-state index contributed by atoms with van der Waals surface area (Å²) < 4.78 is 0. The second-order valence-corrected chi connectivity index (χ2v) is 5.33. The number of aliphatic hydroxyl groups excluding tert-OH is 1. The topological polar surface area (TPSA) is 43.8 Å². The van der Waals surface area contributed by atoms with Gasteiger partial charge in [0, 0.05) is 32.7 Å². The number of piperazine rings is 1. The first kappa shape index (κ1) is 14.3. The second-order valence-electron chi connectivity index (χ2n) is 4.92. The molecule has 0 radical (unpaired) electrons. The molecule has 2 rings (SSSR count). The van der Waals surface area contributed by atoms with Crippen LogP contribution in [0.1, 0.15) is 17.3 Å². The van der Waals surface area contributed by atoms with Crippen LogP contribution in [0.3, 0.4) is 0 Å². The Hall–Kier alpha value is -1.10. The second kappa shape index (κ2) is 6.37. The van der Waals surface area contributed by atoms with Gasteiger partial charge in [0.2, 0.25) is 0 Å². The number of halogens is 1. The summed E-state index contributed by atoms with van der Waals surface area (Å²) in [7, 11) is 0. The Kier molecular flexibility index (Phi) is 4.80. The maximum absolute atomic E-state index is 12.3. The summed E-state index contributed by atoms with van der Waals surface area (Å²) in [5.74, 6) is -0.0118. The quantitative estimate of drug-likeness (QED) is 0.913. The van der Waals surface area contributed by atoms with E-state index in [1.54, 1.807) is 19.1 Å². The first-order valence-electron chi connectivity index (χ1n) is 6.52. The Balaban J connectivity index is 1.95. The molecule has 1 N–H and O–H groups in total. The monoisotopic (exact) mass is 282 g/mol. The highest BCUT2D eigenvalue weighted by atomic mass is 35.5. The highest BCUT2D eigenvalue weighted by Crippen LogP contribution is 2.18. The molecule has 0 saturated carbocycles. The van der Waals surface area contributed by atoms with Gasteiger partial charge in [-0.2, -0.15) is 0 Å². The van der Waals surface area contributed by atoms with Gasteiger partial charge in [-0.25, -0.2) is 0 Å². The molecule has 1 aromatic carbocycles. The average Bonchev–Trinajstić information content (AvgIpc) is 2.39. The van der Waals surface area contributed by atoms with Gasteiger partial charge >= 0.3 is 0 Å². The zero-order valence-electron chi connectivity index (χ0n) is 11.1. The largest absolute Gasteiger partial charge is 0.392 e. The Morgan fingerprint density at radius 1 is 1.32 bits per heavy atom. The fraction of sp³-hybridized carbons (Fsp3) is 0.500. The summed E-state index contributed by atoms with van der Waals surface area (Å²) in [4.78, 5) is 16.3. The summed E-state index contributed by atoms with van der Waals surface area (Å²) in [5, 5.41) is 9.85. The lowest BCUT2D eigenvalue weighted by Gasteiger charge is -2.35. The van der Waals surface area contributed by atoms with Gasteiger partial charge in [0.15, 0.2) is 0 Å². The molecule has 1 amide bonds. The molecular formula is C14H19ClN2O2. The fourth-order valence-electron chi connectivity index (χ4n) is 2.31. The molecule has 1 heterocycles. The van der Waals surface area contributed by atoms with Crippen LogP contribution in [0.25, 0.3) is 0 Å². The van der Waals surface area contributed by atoms with Gasteiger partial charge < -0.3 is 10.0 Å². The van der Waals surface area contributed by atoms with Crippen molar-refractivity contribution in [1.82, 2.24) is 9.80 Å². The van der Waals surface area contributed by atoms with Crippen LogP contribution >= 0.6 is 11.6 Å². The minimum atomic E-state index is -0.328. The van der Waals surface area contributed by atoms with Crippen molar-refractivity contribution < 1.29 is 9.90 Å². The molecule has 104 valence electrons. The predicted octanol–water partition coefficient (Wildman–Crippen LogP) is 1.48. The molecule has 1 atom stereocenters. The maximum atomic E-state index is 12.3. The fourth-order valence-corrected chi connectivity index (χ4v) is 2.53. The summed E-state index contributed by atoms with van der Waals surface area (Å²) >= 11 is 6.04. The number of hydrogen-bond donors (Lipinski definition) is 1. The number of hydrogen-bond acceptors (Lipinski definition) is 3. The molecule has 0 spiro atoms. The van der Waals surface area contributed by atoms with E-state index in [-0.39, 0.29) is 12.0 Å². The Morgan fingerprint density at radius 3 is 2.53 bits per heavy atom. The number of amides is 1. The van der Waals surface area contributed by atoms with Crippen LogP contribution in [-0.2, 0) is 0 Å². The van der Waals surface area contributed by atoms with E-state index in [1.165, 1.54) is 0 Å². The Labute approximate surface area is 118 Å². The molecule has 0 aliphatic carbocycles. The minimum absolute atomic E-state index is 0.0118. The van der Waals surface area contributed by atoms with Crippen molar-refractivity contribution in [2.75, 3.05) is 32.7 Å². The normalized spacial score (nSPS) is 18.4. The van der Waals surface area contributed by atoms with E-state index >= 15 is 0 Å². The lowest BCUT2D eigenvalue weighted by molar-refractivity contribution is 0.0554. The highest BCUT2D eigenvalue weighted by molar-refractivity contribution is 6.33. The molecule has 1 aliphatic heterocycles. The standard InChI is InChI=1S/C14H19ClN2O2/c1-11(18)10-16-6-8-17(9-7-16)14(19)12-4-2-3-5-13(12)15/h2-5,11,18H,6-10H2,1H3. The van der Waals surface area contributed by atoms with Crippen molar-refractivity contribution in [2.24, 2.45) is 0 Å². The Bertz CT molecular complexity index is 443. The van der Waals surface area contributed by atoms with E-state index < -0.39 is 0 Å². The molecule has 1 aliphatic rings. The van der Waals surface area contributed by atoms with Crippen LogP contribution in [0.15, 0.2) is 24.3 Å². The van der Waals surface area contributed by atoms with Crippen LogP contribution in [0.5, 0.6) is 0 Å². The van der Waals surface area contributed by atoms with E-state index in [0.717, 1.165) is 13.1 Å². The van der Waals surface area contributed by atoms with Gasteiger partial charge in [-0.1, -0.05) is 23.7 Å². The molecule has 19 heavy (non-hydrogen) atoms. The SMILES string of the molecule is CC(O)CN1CCN(C(=O)c2ccccc2Cl)CC1. The summed E-state index contributed by atoms with van der Waals surface area (Å²) in [5.41, 5.74) is 0.563. The third-order valence-electron chi connectivity index (χ3n) is 3.29. The van der Waals surface area contributed by atoms with Crippen molar-refractivity contribution in [3.05, 3.63) is 34.9 Å². The van der Waals surface area contributed by atoms with E-state index in [9.17, 15) is 9.90 Å². The molecule has 1 fully saturated rings. The first-order chi connectivity index (χ1) is 9.08. The number of carbonyl (C=O) groups excluding carboxylic acids is 1. The lowest BCUT2D eigenvalue weighted by Crippen LogP contribution is -2.50. The van der Waals surface area contributed by atoms with Crippen molar-refractivity contribution in [3.8, 4) is 0 Å². The molecule has 4 nitrogen and oxygen atoms in total. The van der Waals surface area contributed by atoms with Gasteiger partial charge in [0.05, 0.1) is 16.7 Å². The van der Waals surface area contributed by atoms with E-state index in [1.807, 2.05) is 17.0 Å². The third kappa shape index (κ3) is 3.69. The zero-order chi connectivity index (χ0) is 13.8. The summed E-state index contributed by atoms with van der Waals surface area (Å²) in [6.07, 6.45) is -0.328. The predicted molar refractivity (Wildman–Crippen MR) is 75.5 cm³/mol. The number of β-amino-alcohol motifs (C(OH)–C–C–N with tert-alkyl or cyclic N) is 1. The smallest absolute Gasteiger partial charge is 0.255 e. The number of nitrogens with zero attached hydrogens (tertiary/aromatic N) is 2. The summed E-state index contributed by atoms with van der Waals surface area (Å²) in [6, 6.07) is 7.13. The molecule has 1 saturated heterocycles. The van der Waals surface area contributed by atoms with Crippen molar-refractivity contribution in [2.45, 2.75) is 13.0 Å². The highest BCUT2D eigenvalue weighted by Gasteiger charge is 2.23. The van der Waals surface area contributed by atoms with E-state index in [2.05, 4.69) is 4.90 Å². The number of aliphatic hydroxyl groups is 1. The van der Waals surface area contributed by atoms with Crippen molar-refractivity contribution in [1.29, 1.82) is 0 Å². The van der Waals surface area contributed by atoms with E-state index in [0.29, 0.717) is 30.2 Å². The molecular weight excluding hydrogens is 264 g/mol. The molecule has 1 unspecified atom stereocenters. The van der Waals surface area contributed by atoms with Gasteiger partial charge in [0.1, 0.15) is 0 Å². The lowest BCUT2D eigenvalue weighted by atomic mass is 10.1. The van der Waals surface area contributed by atoms with Crippen molar-refractivity contribution in [3.63, 3.8) is 0 Å². The van der Waals surface area contributed by atoms with Gasteiger partial charge in [-0.05, 0) is 19.1 Å². The molecule has 0 aromatic heterocycles. The zero-order valence-corrected chi connectivity index (χ0v) is 11.8. The molecule has 5 heteroatoms. The van der Waals surface area contributed by atoms with Crippen LogP contribution < -0.4 is 0 Å². The number of rotatable bonds is 3. The van der Waals surface area contributed by atoms with E-state index in [4.69, 9.17) is 11.6 Å². The van der Waals surface area contributed by atoms with Crippen molar-refractivity contribution >= 4 is 17.5 Å². The number of carbonyl (C=O) groups is 1. The van der Waals surface area contributed by atoms with Crippen LogP contribution in [0, 0.1) is 0 Å². The maximum Gasteiger partial charge on any atom is 0.255 e. The molecule has 1 aromatic rings. The Morgan fingerprint density at radius 2 is 1.95 bits per heavy atom. The number of benzene rings is 1. The first-order valence-corrected chi connectivity index (χ1v) is 6.90. The minimum Gasteiger partial charge on any atom is -0.392 e. The average molecular weight is 283 g/mol. The van der Waals surface area contributed by atoms with Crippen LogP contribution in [0.2, 0.25) is 5.02 Å².